The van der Waals surface area contributed by atoms with E-state index >= 15 is 0 Å². The first kappa shape index (κ1) is 31.7. The Labute approximate surface area is 277 Å². The molecule has 2 aliphatic rings. The number of hydrogen-bond acceptors (Lipinski definition) is 5. The van der Waals surface area contributed by atoms with Gasteiger partial charge in [-0.05, 0) is 65.6 Å². The zero-order chi connectivity index (χ0) is 32.5. The van der Waals surface area contributed by atoms with Gasteiger partial charge in [-0.2, -0.15) is 5.01 Å². The van der Waals surface area contributed by atoms with Crippen molar-refractivity contribution in [3.63, 3.8) is 0 Å². The predicted molar refractivity (Wildman–Crippen MR) is 178 cm³/mol. The third-order valence-corrected chi connectivity index (χ3v) is 9.31. The molecule has 4 aromatic rings. The predicted octanol–water partition coefficient (Wildman–Crippen LogP) is 5.81. The van der Waals surface area contributed by atoms with Crippen molar-refractivity contribution in [3.8, 4) is 5.75 Å². The number of carbonyl (C=O) groups excluding carboxylic acids is 3. The standard InChI is InChI=1S/C35H35Cl2N5O4/c1-22(2)42(35(46)38-18-24-12-15-29(36)30(37)16-24)40-21-33(44)41-31(17-23-10-13-27(43)14-11-23)34(45)39(20-32(40)41)19-26-8-5-7-25-6-3-4-9-28(25)26/h3-16,22,31-32,43H,17-21H2,1-2H3,(H,38,46)/t31-,32+/m0/s1. The molecule has 2 aliphatic heterocycles. The highest BCUT2D eigenvalue weighted by atomic mass is 35.5. The van der Waals surface area contributed by atoms with Crippen molar-refractivity contribution in [3.05, 3.63) is 112 Å². The number of benzene rings is 4. The van der Waals surface area contributed by atoms with Crippen LogP contribution in [-0.4, -0.2) is 74.1 Å². The van der Waals surface area contributed by atoms with E-state index in [0.29, 0.717) is 16.6 Å². The van der Waals surface area contributed by atoms with Crippen LogP contribution in [0.4, 0.5) is 4.79 Å². The number of rotatable bonds is 8. The van der Waals surface area contributed by atoms with Crippen LogP contribution in [0.25, 0.3) is 10.8 Å². The molecule has 9 nitrogen and oxygen atoms in total. The van der Waals surface area contributed by atoms with E-state index in [2.05, 4.69) is 5.32 Å². The van der Waals surface area contributed by atoms with Gasteiger partial charge in [0.15, 0.2) is 0 Å². The lowest BCUT2D eigenvalue weighted by Gasteiger charge is -2.47. The van der Waals surface area contributed by atoms with Crippen LogP contribution in [0, 0.1) is 0 Å². The van der Waals surface area contributed by atoms with Gasteiger partial charge in [0.05, 0.1) is 23.1 Å². The zero-order valence-electron chi connectivity index (χ0n) is 25.6. The second-order valence-corrected chi connectivity index (χ2v) is 12.8. The molecular weight excluding hydrogens is 625 g/mol. The van der Waals surface area contributed by atoms with E-state index in [9.17, 15) is 19.5 Å². The number of nitrogens with one attached hydrogen (secondary N) is 1. The summed E-state index contributed by atoms with van der Waals surface area (Å²) in [6.45, 7) is 4.52. The van der Waals surface area contributed by atoms with Crippen molar-refractivity contribution >= 4 is 51.8 Å². The van der Waals surface area contributed by atoms with Crippen LogP contribution >= 0.6 is 23.2 Å². The molecule has 2 atom stereocenters. The van der Waals surface area contributed by atoms with Crippen LogP contribution in [0.3, 0.4) is 0 Å². The van der Waals surface area contributed by atoms with Crippen molar-refractivity contribution in [2.24, 2.45) is 0 Å². The van der Waals surface area contributed by atoms with Gasteiger partial charge < -0.3 is 20.2 Å². The molecule has 0 aromatic heterocycles. The molecule has 0 radical (unpaired) electrons. The smallest absolute Gasteiger partial charge is 0.332 e. The molecule has 6 rings (SSSR count). The van der Waals surface area contributed by atoms with Gasteiger partial charge in [0.2, 0.25) is 11.8 Å². The Morgan fingerprint density at radius 2 is 1.67 bits per heavy atom. The van der Waals surface area contributed by atoms with Crippen molar-refractivity contribution in [2.45, 2.75) is 51.6 Å². The van der Waals surface area contributed by atoms with E-state index in [-0.39, 0.29) is 55.7 Å². The number of halogens is 2. The van der Waals surface area contributed by atoms with Gasteiger partial charge in [-0.25, -0.2) is 4.79 Å². The number of carbonyl (C=O) groups is 3. The summed E-state index contributed by atoms with van der Waals surface area (Å²) >= 11 is 12.2. The number of hydrogen-bond donors (Lipinski definition) is 2. The molecule has 2 saturated heterocycles. The number of phenols is 1. The summed E-state index contributed by atoms with van der Waals surface area (Å²) in [5.74, 6) is -0.264. The fourth-order valence-electron chi connectivity index (χ4n) is 6.41. The molecule has 0 unspecified atom stereocenters. The Morgan fingerprint density at radius 1 is 0.957 bits per heavy atom. The van der Waals surface area contributed by atoms with Gasteiger partial charge in [-0.1, -0.05) is 83.9 Å². The molecule has 2 fully saturated rings. The number of piperazine rings is 1. The molecular formula is C35H35Cl2N5O4. The lowest BCUT2D eigenvalue weighted by atomic mass is 9.99. The molecule has 46 heavy (non-hydrogen) atoms. The summed E-state index contributed by atoms with van der Waals surface area (Å²) in [5.41, 5.74) is 2.59. The average molecular weight is 661 g/mol. The van der Waals surface area contributed by atoms with Crippen LogP contribution < -0.4 is 5.32 Å². The number of hydrazine groups is 1. The molecule has 4 amide bonds. The Bertz CT molecular complexity index is 1780. The van der Waals surface area contributed by atoms with Crippen molar-refractivity contribution in [1.29, 1.82) is 0 Å². The summed E-state index contributed by atoms with van der Waals surface area (Å²) in [7, 11) is 0. The second-order valence-electron chi connectivity index (χ2n) is 12.0. The molecule has 11 heteroatoms. The monoisotopic (exact) mass is 659 g/mol. The highest BCUT2D eigenvalue weighted by Gasteiger charge is 2.52. The number of urea groups is 1. The fourth-order valence-corrected chi connectivity index (χ4v) is 6.73. The molecule has 2 heterocycles. The number of nitrogens with zero attached hydrogens (tertiary/aromatic N) is 4. The molecule has 238 valence electrons. The minimum atomic E-state index is -0.788. The summed E-state index contributed by atoms with van der Waals surface area (Å²) in [5, 5.41) is 19.1. The normalized spacial score (nSPS) is 18.4. The largest absolute Gasteiger partial charge is 0.508 e. The van der Waals surface area contributed by atoms with Gasteiger partial charge in [-0.3, -0.25) is 14.6 Å². The number of aromatic hydroxyl groups is 1. The van der Waals surface area contributed by atoms with Gasteiger partial charge in [0.25, 0.3) is 0 Å². The van der Waals surface area contributed by atoms with E-state index in [4.69, 9.17) is 23.2 Å². The average Bonchev–Trinajstić information content (AvgIpc) is 3.35. The van der Waals surface area contributed by atoms with E-state index < -0.39 is 12.2 Å². The third kappa shape index (κ3) is 6.35. The Morgan fingerprint density at radius 3 is 2.41 bits per heavy atom. The molecule has 2 N–H and O–H groups in total. The first-order chi connectivity index (χ1) is 22.1. The van der Waals surface area contributed by atoms with Crippen LogP contribution in [0.15, 0.2) is 84.9 Å². The molecule has 0 aliphatic carbocycles. The summed E-state index contributed by atoms with van der Waals surface area (Å²) in [6.07, 6.45) is -0.299. The Balaban J connectivity index is 1.31. The zero-order valence-corrected chi connectivity index (χ0v) is 27.1. The minimum Gasteiger partial charge on any atom is -0.508 e. The summed E-state index contributed by atoms with van der Waals surface area (Å²) in [6, 6.07) is 24.5. The first-order valence-electron chi connectivity index (χ1n) is 15.2. The van der Waals surface area contributed by atoms with E-state index in [1.54, 1.807) is 62.3 Å². The topological polar surface area (TPSA) is 96.4 Å². The van der Waals surface area contributed by atoms with Crippen LogP contribution in [0.5, 0.6) is 5.75 Å². The van der Waals surface area contributed by atoms with E-state index in [1.807, 2.05) is 56.3 Å². The number of phenolic OH excluding ortho intramolecular Hbond substituents is 1. The van der Waals surface area contributed by atoms with Crippen LogP contribution in [0.2, 0.25) is 10.0 Å². The summed E-state index contributed by atoms with van der Waals surface area (Å²) in [4.78, 5) is 45.2. The van der Waals surface area contributed by atoms with Crippen LogP contribution in [0.1, 0.15) is 30.5 Å². The van der Waals surface area contributed by atoms with Gasteiger partial charge in [-0.15, -0.1) is 0 Å². The summed E-state index contributed by atoms with van der Waals surface area (Å²) < 4.78 is 0. The van der Waals surface area contributed by atoms with Crippen LogP contribution in [-0.2, 0) is 29.1 Å². The fraction of sp³-hybridized carbons (Fsp3) is 0.286. The quantitative estimate of drug-likeness (QED) is 0.249. The molecule has 0 spiro atoms. The lowest BCUT2D eigenvalue weighted by molar-refractivity contribution is -0.158. The highest BCUT2D eigenvalue weighted by Crippen LogP contribution is 2.32. The SMILES string of the molecule is CC(C)N(C(=O)NCc1ccc(Cl)c(Cl)c1)N1CC(=O)N2[C@@H](Cc3ccc(O)cc3)C(=O)N(Cc3cccc4ccccc34)C[C@@H]21. The highest BCUT2D eigenvalue weighted by molar-refractivity contribution is 6.42. The van der Waals surface area contributed by atoms with Crippen molar-refractivity contribution in [2.75, 3.05) is 13.1 Å². The minimum absolute atomic E-state index is 0.0511. The van der Waals surface area contributed by atoms with E-state index in [1.165, 1.54) is 0 Å². The van der Waals surface area contributed by atoms with Crippen molar-refractivity contribution in [1.82, 2.24) is 25.1 Å². The van der Waals surface area contributed by atoms with E-state index in [0.717, 1.165) is 27.5 Å². The van der Waals surface area contributed by atoms with Crippen molar-refractivity contribution < 1.29 is 19.5 Å². The Hall–Kier alpha value is -4.31. The number of fused-ring (bicyclic) bond motifs is 2. The Kier molecular flexibility index (Phi) is 9.08. The maximum Gasteiger partial charge on any atom is 0.332 e. The number of amides is 4. The van der Waals surface area contributed by atoms with Gasteiger partial charge in [0.1, 0.15) is 18.0 Å². The maximum atomic E-state index is 14.2. The molecule has 4 aromatic carbocycles. The van der Waals surface area contributed by atoms with Gasteiger partial charge in [0, 0.05) is 25.6 Å². The first-order valence-corrected chi connectivity index (χ1v) is 16.0. The lowest BCUT2D eigenvalue weighted by Crippen LogP contribution is -2.66. The maximum absolute atomic E-state index is 14.2. The molecule has 0 saturated carbocycles. The second kappa shape index (κ2) is 13.2. The molecule has 0 bridgehead atoms. The third-order valence-electron chi connectivity index (χ3n) is 8.57. The van der Waals surface area contributed by atoms with Gasteiger partial charge >= 0.3 is 6.03 Å².